The summed E-state index contributed by atoms with van der Waals surface area (Å²) >= 11 is 0. The number of alkyl halides is 3. The first-order valence-corrected chi connectivity index (χ1v) is 8.82. The maximum Gasteiger partial charge on any atom is 0.416 e. The monoisotopic (exact) mass is 396 g/mol. The summed E-state index contributed by atoms with van der Waals surface area (Å²) in [7, 11) is 0. The molecule has 2 bridgehead atoms. The van der Waals surface area contributed by atoms with Gasteiger partial charge >= 0.3 is 6.18 Å². The van der Waals surface area contributed by atoms with E-state index in [1.165, 1.54) is 0 Å². The normalized spacial score (nSPS) is 28.2. The molecule has 9 heteroatoms. The molecule has 28 heavy (non-hydrogen) atoms. The minimum Gasteiger partial charge on any atom is -0.350 e. The van der Waals surface area contributed by atoms with Crippen molar-refractivity contribution in [2.24, 2.45) is 23.7 Å². The number of hydrogen-bond acceptors (Lipinski definition) is 3. The molecule has 1 aromatic carbocycles. The molecule has 1 aliphatic heterocycles. The fraction of sp³-hybridized carbons (Fsp3) is 0.421. The molecule has 2 aliphatic carbocycles. The van der Waals surface area contributed by atoms with E-state index < -0.39 is 60.2 Å². The molecule has 148 valence electrons. The molecule has 0 aromatic heterocycles. The van der Waals surface area contributed by atoms with Crippen LogP contribution in [0.25, 0.3) is 0 Å². The van der Waals surface area contributed by atoms with E-state index in [-0.39, 0.29) is 17.4 Å². The van der Waals surface area contributed by atoms with Crippen LogP contribution < -0.4 is 5.32 Å². The van der Waals surface area contributed by atoms with Gasteiger partial charge in [-0.3, -0.25) is 19.3 Å². The number of likely N-dealkylation sites (tertiary alicyclic amines) is 1. The molecule has 3 aliphatic rings. The molecule has 3 amide bonds. The van der Waals surface area contributed by atoms with Crippen molar-refractivity contribution in [3.63, 3.8) is 0 Å². The highest BCUT2D eigenvalue weighted by Crippen LogP contribution is 2.52. The van der Waals surface area contributed by atoms with Crippen molar-refractivity contribution in [1.82, 2.24) is 10.2 Å². The van der Waals surface area contributed by atoms with Crippen molar-refractivity contribution in [2.75, 3.05) is 6.54 Å². The van der Waals surface area contributed by atoms with Gasteiger partial charge in [-0.2, -0.15) is 13.2 Å². The number of carbonyl (C=O) groups is 3. The predicted molar refractivity (Wildman–Crippen MR) is 87.7 cm³/mol. The molecule has 4 atom stereocenters. The summed E-state index contributed by atoms with van der Waals surface area (Å²) in [6.07, 6.45) is -0.161. The first-order chi connectivity index (χ1) is 13.2. The summed E-state index contributed by atoms with van der Waals surface area (Å²) in [5.74, 6) is -3.46. The van der Waals surface area contributed by atoms with Gasteiger partial charge < -0.3 is 5.32 Å². The molecule has 4 unspecified atom stereocenters. The van der Waals surface area contributed by atoms with Crippen molar-refractivity contribution >= 4 is 17.7 Å². The average molecular weight is 396 g/mol. The molecule has 5 nitrogen and oxygen atoms in total. The second-order valence-electron chi connectivity index (χ2n) is 7.34. The molecule has 1 heterocycles. The van der Waals surface area contributed by atoms with Gasteiger partial charge in [-0.05, 0) is 36.0 Å². The Hall–Kier alpha value is -2.71. The first-order valence-electron chi connectivity index (χ1n) is 8.82. The van der Waals surface area contributed by atoms with Crippen LogP contribution in [0.4, 0.5) is 17.6 Å². The Morgan fingerprint density at radius 2 is 1.71 bits per heavy atom. The van der Waals surface area contributed by atoms with Crippen molar-refractivity contribution < 1.29 is 31.9 Å². The highest BCUT2D eigenvalue weighted by molar-refractivity contribution is 6.08. The summed E-state index contributed by atoms with van der Waals surface area (Å²) in [6.45, 7) is -1.03. The number of halogens is 4. The van der Waals surface area contributed by atoms with E-state index in [0.717, 1.165) is 23.5 Å². The summed E-state index contributed by atoms with van der Waals surface area (Å²) in [5.41, 5.74) is -1.49. The lowest BCUT2D eigenvalue weighted by molar-refractivity contribution is -0.144. The van der Waals surface area contributed by atoms with Gasteiger partial charge in [0, 0.05) is 6.54 Å². The Bertz CT molecular complexity index is 866. The summed E-state index contributed by atoms with van der Waals surface area (Å²) in [5, 5.41) is 2.28. The van der Waals surface area contributed by atoms with Crippen LogP contribution in [-0.2, 0) is 27.1 Å². The minimum absolute atomic E-state index is 0.00747. The van der Waals surface area contributed by atoms with Crippen molar-refractivity contribution in [1.29, 1.82) is 0 Å². The number of hydrogen-bond donors (Lipinski definition) is 1. The molecular weight excluding hydrogens is 380 g/mol. The second kappa shape index (κ2) is 6.42. The van der Waals surface area contributed by atoms with E-state index in [4.69, 9.17) is 0 Å². The topological polar surface area (TPSA) is 66.5 Å². The van der Waals surface area contributed by atoms with Gasteiger partial charge in [-0.25, -0.2) is 4.39 Å². The number of nitrogens with one attached hydrogen (secondary N) is 1. The quantitative estimate of drug-likeness (QED) is 0.482. The Morgan fingerprint density at radius 1 is 1.11 bits per heavy atom. The van der Waals surface area contributed by atoms with Gasteiger partial charge in [-0.1, -0.05) is 18.2 Å². The van der Waals surface area contributed by atoms with E-state index in [0.29, 0.717) is 6.07 Å². The van der Waals surface area contributed by atoms with Crippen LogP contribution in [0, 0.1) is 29.5 Å². The van der Waals surface area contributed by atoms with Crippen LogP contribution in [0.1, 0.15) is 17.5 Å². The number of carbonyl (C=O) groups excluding carboxylic acids is 3. The maximum absolute atomic E-state index is 13.1. The average Bonchev–Trinajstić information content (AvgIpc) is 3.30. The zero-order chi connectivity index (χ0) is 20.2. The zero-order valence-corrected chi connectivity index (χ0v) is 14.5. The van der Waals surface area contributed by atoms with Crippen LogP contribution >= 0.6 is 0 Å². The molecule has 1 saturated heterocycles. The van der Waals surface area contributed by atoms with Gasteiger partial charge in [0.15, 0.2) is 0 Å². The third kappa shape index (κ3) is 2.98. The van der Waals surface area contributed by atoms with Crippen molar-refractivity contribution in [2.45, 2.75) is 19.1 Å². The lowest BCUT2D eigenvalue weighted by atomic mass is 9.85. The number of fused-ring (bicyclic) bond motifs is 5. The Morgan fingerprint density at radius 3 is 2.29 bits per heavy atom. The van der Waals surface area contributed by atoms with Crippen LogP contribution in [0.2, 0.25) is 0 Å². The fourth-order valence-electron chi connectivity index (χ4n) is 4.48. The standard InChI is InChI=1S/C19H16F4N2O3/c20-12-4-3-11(13(6-12)19(21,22)23)7-24-14(26)8-25-17(27)15-9-1-2-10(5-9)16(15)18(25)28/h1-4,6,9-10,15-16H,5,7-8H2,(H,24,26). The largest absolute Gasteiger partial charge is 0.416 e. The number of benzene rings is 1. The number of nitrogens with zero attached hydrogens (tertiary/aromatic N) is 1. The summed E-state index contributed by atoms with van der Waals surface area (Å²) in [6, 6.07) is 2.17. The Labute approximate surface area is 157 Å². The number of imide groups is 1. The van der Waals surface area contributed by atoms with Crippen LogP contribution in [0.5, 0.6) is 0 Å². The Kier molecular flexibility index (Phi) is 4.28. The van der Waals surface area contributed by atoms with E-state index in [2.05, 4.69) is 5.32 Å². The highest BCUT2D eigenvalue weighted by atomic mass is 19.4. The van der Waals surface area contributed by atoms with Gasteiger partial charge in [0.2, 0.25) is 17.7 Å². The predicted octanol–water partition coefficient (Wildman–Crippen LogP) is 2.27. The molecule has 2 fully saturated rings. The summed E-state index contributed by atoms with van der Waals surface area (Å²) < 4.78 is 52.2. The van der Waals surface area contributed by atoms with E-state index in [1.54, 1.807) is 0 Å². The smallest absolute Gasteiger partial charge is 0.350 e. The molecule has 1 saturated carbocycles. The molecule has 4 rings (SSSR count). The third-order valence-corrected chi connectivity index (χ3v) is 5.72. The maximum atomic E-state index is 13.1. The number of allylic oxidation sites excluding steroid dienone is 2. The van der Waals surface area contributed by atoms with Crippen LogP contribution in [-0.4, -0.2) is 29.2 Å². The van der Waals surface area contributed by atoms with Crippen LogP contribution in [0.3, 0.4) is 0 Å². The second-order valence-corrected chi connectivity index (χ2v) is 7.34. The fourth-order valence-corrected chi connectivity index (χ4v) is 4.48. The van der Waals surface area contributed by atoms with Gasteiger partial charge in [0.25, 0.3) is 0 Å². The summed E-state index contributed by atoms with van der Waals surface area (Å²) in [4.78, 5) is 38.1. The van der Waals surface area contributed by atoms with E-state index in [1.807, 2.05) is 12.2 Å². The molecule has 1 aromatic rings. The Balaban J connectivity index is 1.41. The van der Waals surface area contributed by atoms with Gasteiger partial charge in [0.1, 0.15) is 12.4 Å². The molecular formula is C19H16F4N2O3. The van der Waals surface area contributed by atoms with E-state index >= 15 is 0 Å². The van der Waals surface area contributed by atoms with Crippen molar-refractivity contribution in [3.8, 4) is 0 Å². The van der Waals surface area contributed by atoms with Gasteiger partial charge in [0.05, 0.1) is 17.4 Å². The SMILES string of the molecule is O=C(CN1C(=O)C2C3C=CC(C3)C2C1=O)NCc1ccc(F)cc1C(F)(F)F. The minimum atomic E-state index is -4.77. The van der Waals surface area contributed by atoms with Crippen LogP contribution in [0.15, 0.2) is 30.4 Å². The van der Waals surface area contributed by atoms with Gasteiger partial charge in [-0.15, -0.1) is 0 Å². The molecule has 0 radical (unpaired) electrons. The van der Waals surface area contributed by atoms with Crippen molar-refractivity contribution in [3.05, 3.63) is 47.3 Å². The number of amides is 3. The molecule has 0 spiro atoms. The third-order valence-electron chi connectivity index (χ3n) is 5.72. The van der Waals surface area contributed by atoms with E-state index in [9.17, 15) is 31.9 Å². The highest BCUT2D eigenvalue weighted by Gasteiger charge is 2.59. The zero-order valence-electron chi connectivity index (χ0n) is 14.5. The molecule has 1 N–H and O–H groups in total. The number of rotatable bonds is 4. The first kappa shape index (κ1) is 18.6. The lowest BCUT2D eigenvalue weighted by Crippen LogP contribution is -2.41. The lowest BCUT2D eigenvalue weighted by Gasteiger charge is -2.17.